The molecule has 1 aromatic heterocycles. The second-order valence-corrected chi connectivity index (χ2v) is 18.0. The molecule has 9 aromatic carbocycles. The number of anilines is 2. The van der Waals surface area contributed by atoms with E-state index >= 15 is 0 Å². The van der Waals surface area contributed by atoms with Crippen molar-refractivity contribution in [1.29, 1.82) is 0 Å². The molecule has 2 aliphatic rings. The quantitative estimate of drug-likeness (QED) is 0.157. The van der Waals surface area contributed by atoms with Crippen LogP contribution in [-0.2, 0) is 5.41 Å². The predicted octanol–water partition coefficient (Wildman–Crippen LogP) is 16.4. The fourth-order valence-corrected chi connectivity index (χ4v) is 9.94. The highest BCUT2D eigenvalue weighted by molar-refractivity contribution is 5.86. The summed E-state index contributed by atoms with van der Waals surface area (Å²) in [6.07, 6.45) is 1.96. The van der Waals surface area contributed by atoms with Gasteiger partial charge in [-0.2, -0.15) is 0 Å². The van der Waals surface area contributed by atoms with Crippen molar-refractivity contribution in [2.45, 2.75) is 25.3 Å². The van der Waals surface area contributed by atoms with E-state index < -0.39 is 0 Å². The van der Waals surface area contributed by atoms with Gasteiger partial charge in [0.2, 0.25) is 0 Å². The van der Waals surface area contributed by atoms with E-state index in [1.165, 1.54) is 22.3 Å². The van der Waals surface area contributed by atoms with Gasteiger partial charge in [0.05, 0.1) is 23.1 Å². The summed E-state index contributed by atoms with van der Waals surface area (Å²) in [6, 6.07) is 80.8. The van der Waals surface area contributed by atoms with Crippen molar-refractivity contribution < 1.29 is 9.47 Å². The Labute approximate surface area is 397 Å². The van der Waals surface area contributed by atoms with Crippen molar-refractivity contribution in [3.8, 4) is 78.8 Å². The summed E-state index contributed by atoms with van der Waals surface area (Å²) in [4.78, 5) is 5.04. The monoisotopic (exact) mass is 877 g/mol. The number of hydrogen-bond donors (Lipinski definition) is 1. The maximum atomic E-state index is 7.19. The SMILES string of the molecule is CC1(C)c2cccc(-c3ccc(-c4cccc(Oc5cccc(N6NC(c7ccccc7)c7ccccc76)c5)c4)nc3)c2Oc2c(-c3cc(-c4ccccc4)cc(-c4ccccc4)c3)cccc21. The molecule has 3 heterocycles. The summed E-state index contributed by atoms with van der Waals surface area (Å²) in [7, 11) is 0. The Bertz CT molecular complexity index is 3400. The van der Waals surface area contributed by atoms with Gasteiger partial charge < -0.3 is 9.47 Å². The first-order valence-corrected chi connectivity index (χ1v) is 23.2. The van der Waals surface area contributed by atoms with E-state index in [9.17, 15) is 0 Å². The van der Waals surface area contributed by atoms with Crippen LogP contribution in [0.15, 0.2) is 237 Å². The fourth-order valence-electron chi connectivity index (χ4n) is 9.94. The zero-order chi connectivity index (χ0) is 45.6. The largest absolute Gasteiger partial charge is 0.457 e. The van der Waals surface area contributed by atoms with Gasteiger partial charge in [-0.15, -0.1) is 0 Å². The summed E-state index contributed by atoms with van der Waals surface area (Å²) in [5.74, 6) is 3.21. The van der Waals surface area contributed by atoms with E-state index in [0.717, 1.165) is 90.1 Å². The molecule has 1 atom stereocenters. The normalized spacial score (nSPS) is 14.3. The lowest BCUT2D eigenvalue weighted by atomic mass is 9.74. The zero-order valence-corrected chi connectivity index (χ0v) is 37.8. The highest BCUT2D eigenvalue weighted by Crippen LogP contribution is 2.54. The summed E-state index contributed by atoms with van der Waals surface area (Å²) in [5.41, 5.74) is 20.9. The van der Waals surface area contributed by atoms with Gasteiger partial charge in [0.25, 0.3) is 0 Å². The lowest BCUT2D eigenvalue weighted by Gasteiger charge is -2.36. The standard InChI is InChI=1S/C63H47N3O2/c1-63(2)56-31-16-29-53(61(56)68-62-54(30-17-32-57(62)63)49-37-47(42-18-6-3-7-19-42)36-48(38-49)43-20-8-4-9-21-43)46-34-35-58(64-41-46)45-24-14-26-51(39-45)67-52-27-15-25-50(40-52)66-59-33-13-12-28-55(59)60(65-66)44-22-10-5-11-23-44/h3-41,60,65H,1-2H3. The first-order chi connectivity index (χ1) is 33.4. The minimum Gasteiger partial charge on any atom is -0.457 e. The van der Waals surface area contributed by atoms with Gasteiger partial charge in [-0.3, -0.25) is 9.99 Å². The smallest absolute Gasteiger partial charge is 0.139 e. The van der Waals surface area contributed by atoms with Crippen LogP contribution in [0.25, 0.3) is 55.8 Å². The average Bonchev–Trinajstić information content (AvgIpc) is 3.79. The fraction of sp³-hybridized carbons (Fsp3) is 0.0635. The van der Waals surface area contributed by atoms with E-state index in [4.69, 9.17) is 14.5 Å². The van der Waals surface area contributed by atoms with Gasteiger partial charge in [0.1, 0.15) is 23.0 Å². The molecule has 1 unspecified atom stereocenters. The third kappa shape index (κ3) is 7.49. The van der Waals surface area contributed by atoms with Crippen molar-refractivity contribution >= 4 is 11.4 Å². The molecular formula is C63H47N3O2. The minimum atomic E-state index is -0.332. The number of hydrazine groups is 1. The lowest BCUT2D eigenvalue weighted by Crippen LogP contribution is -2.30. The van der Waals surface area contributed by atoms with Gasteiger partial charge in [0.15, 0.2) is 0 Å². The molecule has 0 aliphatic carbocycles. The molecule has 5 nitrogen and oxygen atoms in total. The van der Waals surface area contributed by atoms with Crippen LogP contribution in [0.1, 0.15) is 42.1 Å². The summed E-state index contributed by atoms with van der Waals surface area (Å²) < 4.78 is 13.7. The van der Waals surface area contributed by atoms with Crippen LogP contribution in [0.4, 0.5) is 11.4 Å². The Balaban J connectivity index is 0.832. The first-order valence-electron chi connectivity index (χ1n) is 23.2. The molecule has 5 heteroatoms. The zero-order valence-electron chi connectivity index (χ0n) is 37.8. The summed E-state index contributed by atoms with van der Waals surface area (Å²) in [6.45, 7) is 4.60. The van der Waals surface area contributed by atoms with E-state index in [1.54, 1.807) is 0 Å². The van der Waals surface area contributed by atoms with Gasteiger partial charge in [-0.1, -0.05) is 184 Å². The first kappa shape index (κ1) is 41.0. The predicted molar refractivity (Wildman–Crippen MR) is 277 cm³/mol. The van der Waals surface area contributed by atoms with Crippen molar-refractivity contribution in [2.75, 3.05) is 5.01 Å². The molecule has 0 fully saturated rings. The Morgan fingerprint density at radius 3 is 1.69 bits per heavy atom. The highest BCUT2D eigenvalue weighted by atomic mass is 16.5. The molecule has 68 heavy (non-hydrogen) atoms. The second-order valence-electron chi connectivity index (χ2n) is 18.0. The van der Waals surface area contributed by atoms with Crippen LogP contribution in [0.3, 0.4) is 0 Å². The van der Waals surface area contributed by atoms with Crippen molar-refractivity contribution in [2.24, 2.45) is 0 Å². The Hall–Kier alpha value is -8.51. The molecule has 0 radical (unpaired) electrons. The Morgan fingerprint density at radius 2 is 1.03 bits per heavy atom. The van der Waals surface area contributed by atoms with Gasteiger partial charge in [-0.05, 0) is 88.0 Å². The van der Waals surface area contributed by atoms with Crippen LogP contribution in [0.2, 0.25) is 0 Å². The molecule has 326 valence electrons. The van der Waals surface area contributed by atoms with Gasteiger partial charge in [-0.25, -0.2) is 5.43 Å². The van der Waals surface area contributed by atoms with Gasteiger partial charge in [0, 0.05) is 56.6 Å². The van der Waals surface area contributed by atoms with Crippen LogP contribution >= 0.6 is 0 Å². The molecular weight excluding hydrogens is 831 g/mol. The number of benzene rings is 9. The maximum Gasteiger partial charge on any atom is 0.139 e. The van der Waals surface area contributed by atoms with Crippen LogP contribution in [0.5, 0.6) is 23.0 Å². The summed E-state index contributed by atoms with van der Waals surface area (Å²) in [5, 5.41) is 2.15. The number of para-hydroxylation sites is 3. The molecule has 0 saturated carbocycles. The number of hydrogen-bond acceptors (Lipinski definition) is 5. The highest BCUT2D eigenvalue weighted by Gasteiger charge is 2.37. The molecule has 2 aliphatic heterocycles. The summed E-state index contributed by atoms with van der Waals surface area (Å²) >= 11 is 0. The van der Waals surface area contributed by atoms with Crippen LogP contribution < -0.4 is 19.9 Å². The molecule has 0 bridgehead atoms. The van der Waals surface area contributed by atoms with Crippen LogP contribution in [-0.4, -0.2) is 4.98 Å². The molecule has 0 saturated heterocycles. The molecule has 0 spiro atoms. The molecule has 1 N–H and O–H groups in total. The Morgan fingerprint density at radius 1 is 0.471 bits per heavy atom. The molecule has 12 rings (SSSR count). The number of ether oxygens (including phenoxy) is 2. The molecule has 10 aromatic rings. The number of nitrogens with zero attached hydrogens (tertiary/aromatic N) is 2. The number of nitrogens with one attached hydrogen (secondary N) is 1. The molecule has 0 amide bonds. The number of fused-ring (bicyclic) bond motifs is 3. The minimum absolute atomic E-state index is 0.0480. The van der Waals surface area contributed by atoms with Crippen molar-refractivity contribution in [3.63, 3.8) is 0 Å². The van der Waals surface area contributed by atoms with Crippen molar-refractivity contribution in [3.05, 3.63) is 259 Å². The van der Waals surface area contributed by atoms with E-state index in [2.05, 4.69) is 224 Å². The third-order valence-corrected chi connectivity index (χ3v) is 13.4. The van der Waals surface area contributed by atoms with Crippen molar-refractivity contribution in [1.82, 2.24) is 10.4 Å². The van der Waals surface area contributed by atoms with E-state index in [1.807, 2.05) is 36.5 Å². The number of rotatable bonds is 9. The van der Waals surface area contributed by atoms with E-state index in [-0.39, 0.29) is 11.5 Å². The van der Waals surface area contributed by atoms with E-state index in [0.29, 0.717) is 0 Å². The number of pyridine rings is 1. The third-order valence-electron chi connectivity index (χ3n) is 13.4. The average molecular weight is 878 g/mol. The van der Waals surface area contributed by atoms with Crippen LogP contribution in [0, 0.1) is 0 Å². The van der Waals surface area contributed by atoms with Gasteiger partial charge >= 0.3 is 0 Å². The topological polar surface area (TPSA) is 46.6 Å². The second kappa shape index (κ2) is 17.0. The lowest BCUT2D eigenvalue weighted by molar-refractivity contribution is 0.421. The Kier molecular flexibility index (Phi) is 10.3. The maximum absolute atomic E-state index is 7.19. The number of aromatic nitrogens is 1.